The maximum atomic E-state index is 13.0. The summed E-state index contributed by atoms with van der Waals surface area (Å²) >= 11 is 0. The van der Waals surface area contributed by atoms with Crippen molar-refractivity contribution in [2.45, 2.75) is 77.4 Å². The van der Waals surface area contributed by atoms with Gasteiger partial charge in [-0.15, -0.1) is 6.58 Å². The van der Waals surface area contributed by atoms with E-state index in [1.807, 2.05) is 14.0 Å². The van der Waals surface area contributed by atoms with Crippen LogP contribution in [0.25, 0.3) is 0 Å². The summed E-state index contributed by atoms with van der Waals surface area (Å²) in [6.07, 6.45) is 11.6. The van der Waals surface area contributed by atoms with Crippen molar-refractivity contribution in [2.75, 3.05) is 21.0 Å². The van der Waals surface area contributed by atoms with E-state index in [-0.39, 0.29) is 23.0 Å². The fraction of sp³-hybridized carbons (Fsp3) is 0.880. The van der Waals surface area contributed by atoms with Crippen molar-refractivity contribution in [1.29, 1.82) is 0 Å². The van der Waals surface area contributed by atoms with Gasteiger partial charge in [0, 0.05) is 19.6 Å². The second kappa shape index (κ2) is 8.09. The number of hydrogen-bond donors (Lipinski definition) is 0. The number of hydrogen-bond acceptors (Lipinski definition) is 4. The topological polar surface area (TPSA) is 44.8 Å². The molecule has 4 heteroatoms. The maximum Gasteiger partial charge on any atom is 0.146 e. The summed E-state index contributed by atoms with van der Waals surface area (Å²) in [6, 6.07) is 0. The first-order valence-electron chi connectivity index (χ1n) is 11.7. The van der Waals surface area contributed by atoms with E-state index in [0.29, 0.717) is 42.2 Å². The first-order valence-corrected chi connectivity index (χ1v) is 11.7. The van der Waals surface area contributed by atoms with Gasteiger partial charge in [0.1, 0.15) is 12.6 Å². The number of Topliss-reactive ketones (excluding diaryl/α,β-unsaturated/α-hetero) is 1. The standard InChI is InChI=1S/C25H40O4/c1-6-17-7-8-21-19-14-23(28-5)22-13-18(29-15-27-4)9-11-24(22,3)20(19)10-12-25(17,21)16(2)26/h6,17-23H,1,7-15H2,2-5H3/t17-,18+,19?,20?,21?,22+,23+,24+,25+/m0/s1. The van der Waals surface area contributed by atoms with Crippen LogP contribution in [-0.2, 0) is 19.0 Å². The second-order valence-electron chi connectivity index (χ2n) is 10.5. The van der Waals surface area contributed by atoms with Crippen LogP contribution < -0.4 is 0 Å². The number of carbonyl (C=O) groups is 1. The molecule has 0 aromatic rings. The summed E-state index contributed by atoms with van der Waals surface area (Å²) in [4.78, 5) is 13.0. The van der Waals surface area contributed by atoms with Crippen molar-refractivity contribution in [3.05, 3.63) is 12.7 Å². The largest absolute Gasteiger partial charge is 0.381 e. The predicted octanol–water partition coefficient (Wildman–Crippen LogP) is 5.01. The molecule has 0 amide bonds. The maximum absolute atomic E-state index is 13.0. The molecule has 0 N–H and O–H groups in total. The zero-order chi connectivity index (χ0) is 20.8. The van der Waals surface area contributed by atoms with Gasteiger partial charge in [-0.2, -0.15) is 0 Å². The molecule has 4 rings (SSSR count). The number of allylic oxidation sites excluding steroid dienone is 1. The predicted molar refractivity (Wildman–Crippen MR) is 113 cm³/mol. The molecule has 4 aliphatic carbocycles. The molecule has 0 radical (unpaired) electrons. The van der Waals surface area contributed by atoms with Crippen LogP contribution in [0.15, 0.2) is 12.7 Å². The van der Waals surface area contributed by atoms with Crippen molar-refractivity contribution >= 4 is 5.78 Å². The minimum Gasteiger partial charge on any atom is -0.381 e. The molecule has 0 saturated heterocycles. The number of methoxy groups -OCH3 is 2. The fourth-order valence-corrected chi connectivity index (χ4v) is 8.55. The van der Waals surface area contributed by atoms with Crippen LogP contribution in [0.1, 0.15) is 65.2 Å². The van der Waals surface area contributed by atoms with Gasteiger partial charge >= 0.3 is 0 Å². The minimum absolute atomic E-state index is 0.164. The molecule has 4 fully saturated rings. The molecule has 0 aromatic carbocycles. The van der Waals surface area contributed by atoms with E-state index in [1.165, 1.54) is 19.3 Å². The molecule has 4 aliphatic rings. The molecule has 4 saturated carbocycles. The van der Waals surface area contributed by atoms with Gasteiger partial charge in [0.05, 0.1) is 12.2 Å². The van der Waals surface area contributed by atoms with Crippen LogP contribution >= 0.6 is 0 Å². The lowest BCUT2D eigenvalue weighted by molar-refractivity contribution is -0.193. The van der Waals surface area contributed by atoms with Gasteiger partial charge in [0.15, 0.2) is 0 Å². The van der Waals surface area contributed by atoms with Gasteiger partial charge in [-0.05, 0) is 93.3 Å². The zero-order valence-electron chi connectivity index (χ0n) is 18.8. The molecule has 9 atom stereocenters. The first kappa shape index (κ1) is 21.5. The molecule has 29 heavy (non-hydrogen) atoms. The summed E-state index contributed by atoms with van der Waals surface area (Å²) < 4.78 is 17.3. The average molecular weight is 405 g/mol. The van der Waals surface area contributed by atoms with E-state index in [9.17, 15) is 4.79 Å². The average Bonchev–Trinajstić information content (AvgIpc) is 3.12. The van der Waals surface area contributed by atoms with Crippen LogP contribution in [0.5, 0.6) is 0 Å². The van der Waals surface area contributed by atoms with Crippen LogP contribution in [0, 0.1) is 40.4 Å². The Balaban J connectivity index is 1.63. The van der Waals surface area contributed by atoms with Crippen molar-refractivity contribution in [1.82, 2.24) is 0 Å². The molecule has 164 valence electrons. The Bertz CT molecular complexity index is 632. The highest BCUT2D eigenvalue weighted by molar-refractivity contribution is 5.84. The molecule has 0 bridgehead atoms. The smallest absolute Gasteiger partial charge is 0.146 e. The molecule has 0 spiro atoms. The lowest BCUT2D eigenvalue weighted by atomic mass is 9.43. The molecule has 0 heterocycles. The molecular weight excluding hydrogens is 364 g/mol. The minimum atomic E-state index is -0.164. The van der Waals surface area contributed by atoms with Gasteiger partial charge < -0.3 is 14.2 Å². The van der Waals surface area contributed by atoms with Gasteiger partial charge in [0.2, 0.25) is 0 Å². The van der Waals surface area contributed by atoms with Crippen molar-refractivity contribution in [3.63, 3.8) is 0 Å². The number of fused-ring (bicyclic) bond motifs is 5. The molecule has 4 nitrogen and oxygen atoms in total. The monoisotopic (exact) mass is 404 g/mol. The summed E-state index contributed by atoms with van der Waals surface area (Å²) in [5.74, 6) is 3.09. The Morgan fingerprint density at radius 2 is 1.86 bits per heavy atom. The fourth-order valence-electron chi connectivity index (χ4n) is 8.55. The van der Waals surface area contributed by atoms with E-state index < -0.39 is 0 Å². The summed E-state index contributed by atoms with van der Waals surface area (Å²) in [7, 11) is 3.57. The Hall–Kier alpha value is -0.710. The summed E-state index contributed by atoms with van der Waals surface area (Å²) in [6.45, 7) is 8.85. The van der Waals surface area contributed by atoms with Gasteiger partial charge in [-0.1, -0.05) is 13.0 Å². The van der Waals surface area contributed by atoms with Crippen molar-refractivity contribution in [2.24, 2.45) is 40.4 Å². The SMILES string of the molecule is C=C[C@H]1CCC2C3C[C@@H](OC)[C@H]4C[C@H](OCOC)CC[C@]4(C)C3CC[C@]21C(C)=O. The third-order valence-electron chi connectivity index (χ3n) is 9.85. The van der Waals surface area contributed by atoms with Crippen LogP contribution in [0.3, 0.4) is 0 Å². The quantitative estimate of drug-likeness (QED) is 0.461. The Morgan fingerprint density at radius 3 is 2.52 bits per heavy atom. The number of rotatable bonds is 6. The van der Waals surface area contributed by atoms with Crippen LogP contribution in [-0.4, -0.2) is 39.0 Å². The highest BCUT2D eigenvalue weighted by atomic mass is 16.7. The molecule has 3 unspecified atom stereocenters. The lowest BCUT2D eigenvalue weighted by Gasteiger charge is -2.62. The first-order chi connectivity index (χ1) is 13.9. The van der Waals surface area contributed by atoms with E-state index in [1.54, 1.807) is 7.11 Å². The number of ether oxygens (including phenoxy) is 3. The van der Waals surface area contributed by atoms with Gasteiger partial charge in [-0.25, -0.2) is 0 Å². The van der Waals surface area contributed by atoms with Crippen molar-refractivity contribution in [3.8, 4) is 0 Å². The molecular formula is C25H40O4. The highest BCUT2D eigenvalue weighted by Gasteiger charge is 2.64. The van der Waals surface area contributed by atoms with E-state index >= 15 is 0 Å². The van der Waals surface area contributed by atoms with E-state index in [4.69, 9.17) is 14.2 Å². The Labute approximate surface area is 176 Å². The van der Waals surface area contributed by atoms with E-state index in [0.717, 1.165) is 32.1 Å². The van der Waals surface area contributed by atoms with Crippen LogP contribution in [0.4, 0.5) is 0 Å². The summed E-state index contributed by atoms with van der Waals surface area (Å²) in [5.41, 5.74) is 0.120. The Kier molecular flexibility index (Phi) is 6.00. The molecule has 0 aliphatic heterocycles. The van der Waals surface area contributed by atoms with Crippen molar-refractivity contribution < 1.29 is 19.0 Å². The zero-order valence-corrected chi connectivity index (χ0v) is 18.8. The third kappa shape index (κ3) is 3.16. The Morgan fingerprint density at radius 1 is 1.07 bits per heavy atom. The third-order valence-corrected chi connectivity index (χ3v) is 9.85. The van der Waals surface area contributed by atoms with Crippen LogP contribution in [0.2, 0.25) is 0 Å². The number of carbonyl (C=O) groups excluding carboxylic acids is 1. The lowest BCUT2D eigenvalue weighted by Crippen LogP contribution is -2.60. The van der Waals surface area contributed by atoms with Gasteiger partial charge in [0.25, 0.3) is 0 Å². The number of ketones is 1. The molecule has 0 aromatic heterocycles. The van der Waals surface area contributed by atoms with Gasteiger partial charge in [-0.3, -0.25) is 4.79 Å². The van der Waals surface area contributed by atoms with E-state index in [2.05, 4.69) is 19.6 Å². The second-order valence-corrected chi connectivity index (χ2v) is 10.5. The normalized spacial score (nSPS) is 49.0. The summed E-state index contributed by atoms with van der Waals surface area (Å²) in [5, 5.41) is 0. The highest BCUT2D eigenvalue weighted by Crippen LogP contribution is 2.68.